The molecule has 0 amide bonds. The van der Waals surface area contributed by atoms with Gasteiger partial charge in [0.05, 0.1) is 12.1 Å². The number of aromatic carboxylic acids is 1. The number of Topliss-reactive ketones (excluding diaryl/α,β-unsaturated/α-hetero) is 1. The Labute approximate surface area is 175 Å². The third-order valence-electron chi connectivity index (χ3n) is 4.88. The largest absolute Gasteiger partial charge is 0.478 e. The standard InChI is InChI=1S/C23H26N4O3/c1-3-5-7-21-25-22(20(28)6-4-2)26-27(21)15-16-8-10-17(11-9-16)19-14-24-13-12-18(19)23(29)30/h8-14H,3-7,15H2,1-2H3,(H,29,30). The molecule has 3 rings (SSSR count). The summed E-state index contributed by atoms with van der Waals surface area (Å²) in [5.41, 5.74) is 2.58. The number of hydrogen-bond donors (Lipinski definition) is 1. The second-order valence-corrected chi connectivity index (χ2v) is 7.21. The highest BCUT2D eigenvalue weighted by Crippen LogP contribution is 2.23. The molecule has 0 aliphatic carbocycles. The van der Waals surface area contributed by atoms with E-state index < -0.39 is 5.97 Å². The number of unbranched alkanes of at least 4 members (excludes halogenated alkanes) is 1. The fraction of sp³-hybridized carbons (Fsp3) is 0.348. The lowest BCUT2D eigenvalue weighted by molar-refractivity contribution is 0.0697. The van der Waals surface area contributed by atoms with Crippen molar-refractivity contribution in [2.45, 2.75) is 52.5 Å². The molecule has 1 aromatic carbocycles. The van der Waals surface area contributed by atoms with E-state index in [2.05, 4.69) is 22.0 Å². The number of hydrogen-bond acceptors (Lipinski definition) is 5. The van der Waals surface area contributed by atoms with Gasteiger partial charge in [-0.1, -0.05) is 44.5 Å². The normalized spacial score (nSPS) is 10.9. The first-order valence-electron chi connectivity index (χ1n) is 10.3. The van der Waals surface area contributed by atoms with E-state index in [0.29, 0.717) is 24.4 Å². The molecule has 0 unspecified atom stereocenters. The third-order valence-corrected chi connectivity index (χ3v) is 4.88. The first-order chi connectivity index (χ1) is 14.5. The van der Waals surface area contributed by atoms with Crippen molar-refractivity contribution in [3.8, 4) is 11.1 Å². The Morgan fingerprint density at radius 3 is 2.50 bits per heavy atom. The first kappa shape index (κ1) is 21.4. The van der Waals surface area contributed by atoms with Crippen LogP contribution < -0.4 is 0 Å². The minimum atomic E-state index is -0.982. The van der Waals surface area contributed by atoms with Gasteiger partial charge in [-0.25, -0.2) is 14.5 Å². The minimum Gasteiger partial charge on any atom is -0.478 e. The van der Waals surface area contributed by atoms with Crippen molar-refractivity contribution in [3.63, 3.8) is 0 Å². The van der Waals surface area contributed by atoms with Crippen LogP contribution in [0.1, 0.15) is 71.9 Å². The Kier molecular flexibility index (Phi) is 7.06. The van der Waals surface area contributed by atoms with Crippen molar-refractivity contribution in [2.75, 3.05) is 0 Å². The van der Waals surface area contributed by atoms with Crippen molar-refractivity contribution in [1.29, 1.82) is 0 Å². The minimum absolute atomic E-state index is 0.0258. The van der Waals surface area contributed by atoms with Gasteiger partial charge in [-0.3, -0.25) is 9.78 Å². The van der Waals surface area contributed by atoms with Gasteiger partial charge in [0, 0.05) is 30.8 Å². The van der Waals surface area contributed by atoms with Crippen LogP contribution in [-0.2, 0) is 13.0 Å². The van der Waals surface area contributed by atoms with Crippen LogP contribution >= 0.6 is 0 Å². The molecule has 0 fully saturated rings. The van der Waals surface area contributed by atoms with Gasteiger partial charge in [0.25, 0.3) is 0 Å². The Morgan fingerprint density at radius 1 is 1.07 bits per heavy atom. The molecule has 0 atom stereocenters. The molecule has 2 heterocycles. The maximum atomic E-state index is 12.2. The Morgan fingerprint density at radius 2 is 1.83 bits per heavy atom. The number of carboxylic acids is 1. The first-order valence-corrected chi connectivity index (χ1v) is 10.3. The van der Waals surface area contributed by atoms with Gasteiger partial charge in [0.1, 0.15) is 5.82 Å². The highest BCUT2D eigenvalue weighted by molar-refractivity contribution is 5.95. The summed E-state index contributed by atoms with van der Waals surface area (Å²) in [6.45, 7) is 4.59. The van der Waals surface area contributed by atoms with Gasteiger partial charge in [-0.2, -0.15) is 0 Å². The van der Waals surface area contributed by atoms with Crippen molar-refractivity contribution in [2.24, 2.45) is 0 Å². The van der Waals surface area contributed by atoms with Crippen molar-refractivity contribution < 1.29 is 14.7 Å². The number of carboxylic acid groups (broad SMARTS) is 1. The number of nitrogens with zero attached hydrogens (tertiary/aromatic N) is 4. The molecule has 0 bridgehead atoms. The number of aryl methyl sites for hydroxylation is 1. The van der Waals surface area contributed by atoms with Crippen molar-refractivity contribution >= 4 is 11.8 Å². The number of benzene rings is 1. The van der Waals surface area contributed by atoms with Crippen LogP contribution in [0.2, 0.25) is 0 Å². The summed E-state index contributed by atoms with van der Waals surface area (Å²) in [5, 5.41) is 13.9. The zero-order valence-electron chi connectivity index (χ0n) is 17.3. The van der Waals surface area contributed by atoms with Gasteiger partial charge in [-0.15, -0.1) is 5.10 Å². The van der Waals surface area contributed by atoms with Gasteiger partial charge in [-0.05, 0) is 30.0 Å². The van der Waals surface area contributed by atoms with Crippen LogP contribution in [0.3, 0.4) is 0 Å². The molecule has 156 valence electrons. The summed E-state index contributed by atoms with van der Waals surface area (Å²) >= 11 is 0. The van der Waals surface area contributed by atoms with E-state index in [0.717, 1.165) is 42.6 Å². The molecule has 30 heavy (non-hydrogen) atoms. The topological polar surface area (TPSA) is 98.0 Å². The quantitative estimate of drug-likeness (QED) is 0.501. The smallest absolute Gasteiger partial charge is 0.336 e. The Hall–Kier alpha value is -3.35. The molecule has 7 heteroatoms. The summed E-state index contributed by atoms with van der Waals surface area (Å²) in [5.74, 6) is 0.105. The fourth-order valence-electron chi connectivity index (χ4n) is 3.25. The van der Waals surface area contributed by atoms with Crippen LogP contribution in [-0.4, -0.2) is 36.6 Å². The molecule has 0 saturated heterocycles. The van der Waals surface area contributed by atoms with Crippen molar-refractivity contribution in [1.82, 2.24) is 19.7 Å². The lowest BCUT2D eigenvalue weighted by Crippen LogP contribution is -2.08. The number of aromatic nitrogens is 4. The molecule has 0 aliphatic rings. The molecule has 1 N–H and O–H groups in total. The molecule has 2 aromatic heterocycles. The van der Waals surface area contributed by atoms with Gasteiger partial charge < -0.3 is 5.11 Å². The van der Waals surface area contributed by atoms with Crippen LogP contribution in [0.15, 0.2) is 42.7 Å². The number of carbonyl (C=O) groups excluding carboxylic acids is 1. The number of ketones is 1. The van der Waals surface area contributed by atoms with Crippen LogP contribution in [0.5, 0.6) is 0 Å². The maximum absolute atomic E-state index is 12.2. The molecule has 7 nitrogen and oxygen atoms in total. The number of carbonyl (C=O) groups is 2. The zero-order chi connectivity index (χ0) is 21.5. The molecule has 0 saturated carbocycles. The molecular formula is C23H26N4O3. The van der Waals surface area contributed by atoms with E-state index in [4.69, 9.17) is 0 Å². The summed E-state index contributed by atoms with van der Waals surface area (Å²) in [7, 11) is 0. The van der Waals surface area contributed by atoms with Gasteiger partial charge in [0.2, 0.25) is 11.6 Å². The SMILES string of the molecule is CCCCc1nc(C(=O)CCC)nn1Cc1ccc(-c2cnccc2C(=O)O)cc1. The molecule has 0 aliphatic heterocycles. The maximum Gasteiger partial charge on any atom is 0.336 e. The van der Waals surface area contributed by atoms with E-state index in [-0.39, 0.29) is 11.3 Å². The lowest BCUT2D eigenvalue weighted by atomic mass is 10.0. The monoisotopic (exact) mass is 406 g/mol. The lowest BCUT2D eigenvalue weighted by Gasteiger charge is -2.08. The van der Waals surface area contributed by atoms with Crippen LogP contribution in [0.25, 0.3) is 11.1 Å². The number of pyridine rings is 1. The van der Waals surface area contributed by atoms with E-state index in [1.54, 1.807) is 10.9 Å². The fourth-order valence-corrected chi connectivity index (χ4v) is 3.25. The molecule has 0 spiro atoms. The molecular weight excluding hydrogens is 380 g/mol. The van der Waals surface area contributed by atoms with E-state index in [1.165, 1.54) is 12.3 Å². The average molecular weight is 406 g/mol. The van der Waals surface area contributed by atoms with Gasteiger partial charge >= 0.3 is 5.97 Å². The second-order valence-electron chi connectivity index (χ2n) is 7.21. The van der Waals surface area contributed by atoms with E-state index >= 15 is 0 Å². The zero-order valence-corrected chi connectivity index (χ0v) is 17.3. The molecule has 0 radical (unpaired) electrons. The summed E-state index contributed by atoms with van der Waals surface area (Å²) in [6, 6.07) is 9.13. The van der Waals surface area contributed by atoms with Crippen LogP contribution in [0, 0.1) is 0 Å². The predicted octanol–water partition coefficient (Wildman–Crippen LogP) is 4.41. The van der Waals surface area contributed by atoms with Crippen LogP contribution in [0.4, 0.5) is 0 Å². The van der Waals surface area contributed by atoms with E-state index in [1.807, 2.05) is 31.2 Å². The highest BCUT2D eigenvalue weighted by Gasteiger charge is 2.16. The third kappa shape index (κ3) is 4.97. The molecule has 3 aromatic rings. The number of rotatable bonds is 10. The summed E-state index contributed by atoms with van der Waals surface area (Å²) < 4.78 is 1.81. The Balaban J connectivity index is 1.84. The average Bonchev–Trinajstić information content (AvgIpc) is 3.15. The van der Waals surface area contributed by atoms with Crippen molar-refractivity contribution in [3.05, 3.63) is 65.5 Å². The summed E-state index contributed by atoms with van der Waals surface area (Å²) in [4.78, 5) is 32.2. The highest BCUT2D eigenvalue weighted by atomic mass is 16.4. The summed E-state index contributed by atoms with van der Waals surface area (Å²) in [6.07, 6.45) is 7.05. The Bertz CT molecular complexity index is 1030. The van der Waals surface area contributed by atoms with E-state index in [9.17, 15) is 14.7 Å². The second kappa shape index (κ2) is 9.91. The van der Waals surface area contributed by atoms with Gasteiger partial charge in [0.15, 0.2) is 0 Å². The predicted molar refractivity (Wildman–Crippen MR) is 114 cm³/mol.